The van der Waals surface area contributed by atoms with Crippen LogP contribution in [-0.4, -0.2) is 15.9 Å². The average Bonchev–Trinajstić information content (AvgIpc) is 3.18. The number of benzene rings is 1. The van der Waals surface area contributed by atoms with Gasteiger partial charge in [0.2, 0.25) is 5.91 Å². The first-order valence-electron chi connectivity index (χ1n) is 7.89. The quantitative estimate of drug-likeness (QED) is 0.742. The monoisotopic (exact) mass is 319 g/mol. The van der Waals surface area contributed by atoms with Crippen molar-refractivity contribution in [3.05, 3.63) is 65.2 Å². The molecule has 24 heavy (non-hydrogen) atoms. The predicted molar refractivity (Wildman–Crippen MR) is 90.5 cm³/mol. The molecule has 2 aromatic heterocycles. The van der Waals surface area contributed by atoms with Crippen molar-refractivity contribution in [3.8, 4) is 11.4 Å². The summed E-state index contributed by atoms with van der Waals surface area (Å²) >= 11 is 0. The van der Waals surface area contributed by atoms with E-state index in [2.05, 4.69) is 9.97 Å². The molecule has 0 saturated carbocycles. The first-order chi connectivity index (χ1) is 11.6. The fraction of sp³-hybridized carbons (Fsp3) is 0.211. The molecule has 0 spiro atoms. The highest BCUT2D eigenvalue weighted by Gasteiger charge is 2.32. The fourth-order valence-electron chi connectivity index (χ4n) is 2.93. The van der Waals surface area contributed by atoms with Gasteiger partial charge < -0.3 is 4.42 Å². The van der Waals surface area contributed by atoms with Gasteiger partial charge >= 0.3 is 0 Å². The molecule has 0 N–H and O–H groups in total. The molecule has 0 bridgehead atoms. The summed E-state index contributed by atoms with van der Waals surface area (Å²) in [4.78, 5) is 23.4. The molecular formula is C19H17N3O2. The first-order valence-corrected chi connectivity index (χ1v) is 7.89. The Bertz CT molecular complexity index is 899. The van der Waals surface area contributed by atoms with Gasteiger partial charge in [-0.2, -0.15) is 0 Å². The van der Waals surface area contributed by atoms with Crippen molar-refractivity contribution in [1.82, 2.24) is 9.97 Å². The molecule has 0 aliphatic carbocycles. The summed E-state index contributed by atoms with van der Waals surface area (Å²) in [5.41, 5.74) is 3.89. The van der Waals surface area contributed by atoms with Crippen LogP contribution in [0.4, 0.5) is 5.82 Å². The van der Waals surface area contributed by atoms with E-state index in [9.17, 15) is 4.79 Å². The van der Waals surface area contributed by atoms with Crippen molar-refractivity contribution < 1.29 is 9.21 Å². The van der Waals surface area contributed by atoms with E-state index in [1.54, 1.807) is 11.2 Å². The maximum atomic E-state index is 12.4. The molecule has 0 fully saturated rings. The first kappa shape index (κ1) is 14.6. The largest absolute Gasteiger partial charge is 0.467 e. The zero-order chi connectivity index (χ0) is 16.7. The molecule has 0 atom stereocenters. The second kappa shape index (κ2) is 5.60. The molecule has 4 rings (SSSR count). The summed E-state index contributed by atoms with van der Waals surface area (Å²) in [5, 5.41) is 0. The Morgan fingerprint density at radius 1 is 1.12 bits per heavy atom. The van der Waals surface area contributed by atoms with E-state index < -0.39 is 0 Å². The standard InChI is InChI=1S/C19H17N3O2/c1-12-5-7-14(8-6-12)18-20-13(2)16-10-17(23)22(19(16)21-18)11-15-4-3-9-24-15/h3-9H,10-11H2,1-2H3. The number of amides is 1. The molecule has 0 saturated heterocycles. The Morgan fingerprint density at radius 3 is 2.62 bits per heavy atom. The van der Waals surface area contributed by atoms with Gasteiger partial charge in [0.1, 0.15) is 11.6 Å². The van der Waals surface area contributed by atoms with Crippen molar-refractivity contribution in [3.63, 3.8) is 0 Å². The molecule has 1 aromatic carbocycles. The van der Waals surface area contributed by atoms with Crippen LogP contribution in [0.25, 0.3) is 11.4 Å². The van der Waals surface area contributed by atoms with Gasteiger partial charge in [0.15, 0.2) is 5.82 Å². The smallest absolute Gasteiger partial charge is 0.233 e. The van der Waals surface area contributed by atoms with E-state index in [4.69, 9.17) is 4.42 Å². The number of carbonyl (C=O) groups excluding carboxylic acids is 1. The van der Waals surface area contributed by atoms with Gasteiger partial charge in [-0.15, -0.1) is 0 Å². The molecule has 3 aromatic rings. The number of carbonyl (C=O) groups is 1. The van der Waals surface area contributed by atoms with Crippen LogP contribution in [0.3, 0.4) is 0 Å². The number of aryl methyl sites for hydroxylation is 2. The Morgan fingerprint density at radius 2 is 1.92 bits per heavy atom. The van der Waals surface area contributed by atoms with Gasteiger partial charge in [-0.05, 0) is 26.0 Å². The van der Waals surface area contributed by atoms with Crippen LogP contribution in [0.15, 0.2) is 47.1 Å². The lowest BCUT2D eigenvalue weighted by atomic mass is 10.1. The highest BCUT2D eigenvalue weighted by molar-refractivity contribution is 6.00. The number of nitrogens with zero attached hydrogens (tertiary/aromatic N) is 3. The highest BCUT2D eigenvalue weighted by Crippen LogP contribution is 2.32. The molecule has 1 aliphatic rings. The SMILES string of the molecule is Cc1ccc(-c2nc(C)c3c(n2)N(Cc2ccco2)C(=O)C3)cc1. The average molecular weight is 319 g/mol. The lowest BCUT2D eigenvalue weighted by Crippen LogP contribution is -2.26. The number of hydrogen-bond donors (Lipinski definition) is 0. The van der Waals surface area contributed by atoms with Crippen LogP contribution >= 0.6 is 0 Å². The number of anilines is 1. The highest BCUT2D eigenvalue weighted by atomic mass is 16.3. The van der Waals surface area contributed by atoms with Gasteiger partial charge in [-0.1, -0.05) is 29.8 Å². The summed E-state index contributed by atoms with van der Waals surface area (Å²) in [7, 11) is 0. The van der Waals surface area contributed by atoms with Gasteiger partial charge in [-0.3, -0.25) is 9.69 Å². The predicted octanol–water partition coefficient (Wildman–Crippen LogP) is 3.44. The summed E-state index contributed by atoms with van der Waals surface area (Å²) in [6.45, 7) is 4.37. The number of aromatic nitrogens is 2. The Balaban J connectivity index is 1.77. The van der Waals surface area contributed by atoms with E-state index >= 15 is 0 Å². The van der Waals surface area contributed by atoms with Crippen molar-refractivity contribution in [2.24, 2.45) is 0 Å². The second-order valence-electron chi connectivity index (χ2n) is 6.04. The number of fused-ring (bicyclic) bond motifs is 1. The van der Waals surface area contributed by atoms with Gasteiger partial charge in [0.05, 0.1) is 19.2 Å². The minimum Gasteiger partial charge on any atom is -0.467 e. The molecule has 3 heterocycles. The summed E-state index contributed by atoms with van der Waals surface area (Å²) < 4.78 is 5.38. The van der Waals surface area contributed by atoms with Crippen LogP contribution in [0.1, 0.15) is 22.6 Å². The molecule has 1 aliphatic heterocycles. The Hall–Kier alpha value is -2.95. The molecule has 5 nitrogen and oxygen atoms in total. The lowest BCUT2D eigenvalue weighted by molar-refractivity contribution is -0.117. The molecule has 0 radical (unpaired) electrons. The van der Waals surface area contributed by atoms with Crippen LogP contribution in [0, 0.1) is 13.8 Å². The van der Waals surface area contributed by atoms with E-state index in [1.807, 2.05) is 50.2 Å². The summed E-state index contributed by atoms with van der Waals surface area (Å²) in [6.07, 6.45) is 1.95. The van der Waals surface area contributed by atoms with Gasteiger partial charge in [0.25, 0.3) is 0 Å². The van der Waals surface area contributed by atoms with Crippen LogP contribution < -0.4 is 4.90 Å². The molecule has 1 amide bonds. The van der Waals surface area contributed by atoms with E-state index in [1.165, 1.54) is 5.56 Å². The van der Waals surface area contributed by atoms with Crippen LogP contribution in [0.5, 0.6) is 0 Å². The van der Waals surface area contributed by atoms with Crippen molar-refractivity contribution in [1.29, 1.82) is 0 Å². The normalized spacial score (nSPS) is 13.4. The topological polar surface area (TPSA) is 59.2 Å². The van der Waals surface area contributed by atoms with Gasteiger partial charge in [-0.25, -0.2) is 9.97 Å². The number of furan rings is 1. The second-order valence-corrected chi connectivity index (χ2v) is 6.04. The lowest BCUT2D eigenvalue weighted by Gasteiger charge is -2.16. The third-order valence-corrected chi connectivity index (χ3v) is 4.28. The Labute approximate surface area is 140 Å². The van der Waals surface area contributed by atoms with E-state index in [0.717, 1.165) is 22.6 Å². The minimum absolute atomic E-state index is 0.0276. The van der Waals surface area contributed by atoms with Gasteiger partial charge in [0, 0.05) is 16.8 Å². The van der Waals surface area contributed by atoms with E-state index in [0.29, 0.717) is 24.6 Å². The van der Waals surface area contributed by atoms with E-state index in [-0.39, 0.29) is 5.91 Å². The van der Waals surface area contributed by atoms with Crippen molar-refractivity contribution in [2.75, 3.05) is 4.90 Å². The maximum Gasteiger partial charge on any atom is 0.233 e. The molecular weight excluding hydrogens is 302 g/mol. The van der Waals surface area contributed by atoms with Crippen LogP contribution in [0.2, 0.25) is 0 Å². The minimum atomic E-state index is 0.0276. The van der Waals surface area contributed by atoms with Crippen LogP contribution in [-0.2, 0) is 17.8 Å². The zero-order valence-electron chi connectivity index (χ0n) is 13.6. The van der Waals surface area contributed by atoms with Crippen molar-refractivity contribution in [2.45, 2.75) is 26.8 Å². The summed E-state index contributed by atoms with van der Waals surface area (Å²) in [6, 6.07) is 11.8. The fourth-order valence-corrected chi connectivity index (χ4v) is 2.93. The molecule has 0 unspecified atom stereocenters. The number of rotatable bonds is 3. The maximum absolute atomic E-state index is 12.4. The third kappa shape index (κ3) is 2.48. The third-order valence-electron chi connectivity index (χ3n) is 4.28. The zero-order valence-corrected chi connectivity index (χ0v) is 13.6. The molecule has 5 heteroatoms. The van der Waals surface area contributed by atoms with Crippen molar-refractivity contribution >= 4 is 11.7 Å². The number of hydrogen-bond acceptors (Lipinski definition) is 4. The Kier molecular flexibility index (Phi) is 3.41. The summed E-state index contributed by atoms with van der Waals surface area (Å²) in [5.74, 6) is 2.11. The molecule has 120 valence electrons.